The van der Waals surface area contributed by atoms with Crippen molar-refractivity contribution in [2.24, 2.45) is 0 Å². The quantitative estimate of drug-likeness (QED) is 0.160. The number of hydrogen-bond donors (Lipinski definition) is 6. The zero-order valence-electron chi connectivity index (χ0n) is 18.6. The van der Waals surface area contributed by atoms with Gasteiger partial charge in [0.25, 0.3) is 5.16 Å². The van der Waals surface area contributed by atoms with Crippen LogP contribution in [0.3, 0.4) is 0 Å². The number of aromatic nitrogens is 3. The number of nitrogens with zero attached hydrogens (tertiary/aromatic N) is 3. The molecule has 1 unspecified atom stereocenters. The molecule has 0 spiro atoms. The molecule has 1 aromatic carbocycles. The van der Waals surface area contributed by atoms with Gasteiger partial charge in [0.05, 0.1) is 18.0 Å². The lowest BCUT2D eigenvalue weighted by Crippen LogP contribution is -2.60. The minimum Gasteiger partial charge on any atom is -0.462 e. The lowest BCUT2D eigenvalue weighted by molar-refractivity contribution is -0.277. The lowest BCUT2D eigenvalue weighted by Gasteiger charge is -2.39. The largest absolute Gasteiger partial charge is 0.462 e. The van der Waals surface area contributed by atoms with E-state index in [-0.39, 0.29) is 17.2 Å². The molecule has 1 saturated carbocycles. The van der Waals surface area contributed by atoms with Crippen molar-refractivity contribution in [3.63, 3.8) is 0 Å². The Morgan fingerprint density at radius 1 is 1.22 bits per heavy atom. The summed E-state index contributed by atoms with van der Waals surface area (Å²) in [4.78, 5) is 2.40. The molecule has 6 N–H and O–H groups in total. The molecule has 1 aliphatic heterocycles. The van der Waals surface area contributed by atoms with Crippen molar-refractivity contribution < 1.29 is 48.0 Å². The average molecular weight is 570 g/mol. The molecule has 0 radical (unpaired) electrons. The Bertz CT molecular complexity index is 1210. The lowest BCUT2D eigenvalue weighted by atomic mass is 9.88. The highest BCUT2D eigenvalue weighted by molar-refractivity contribution is 7.85. The molecule has 1 aromatic heterocycles. The van der Waals surface area contributed by atoms with Crippen LogP contribution in [0, 0.1) is 0 Å². The Kier molecular flexibility index (Phi) is 7.58. The summed E-state index contributed by atoms with van der Waals surface area (Å²) in [5.74, 6) is 0.111. The van der Waals surface area contributed by atoms with Gasteiger partial charge in [-0.1, -0.05) is 11.6 Å². The normalized spacial score (nSPS) is 29.5. The van der Waals surface area contributed by atoms with Gasteiger partial charge in [0.15, 0.2) is 0 Å². The number of hydrogen-bond acceptors (Lipinski definition) is 11. The Morgan fingerprint density at radius 3 is 2.53 bits per heavy atom. The third-order valence-corrected chi connectivity index (χ3v) is 8.22. The van der Waals surface area contributed by atoms with Gasteiger partial charge >= 0.3 is 10.1 Å². The molecule has 0 bridgehead atoms. The topological polar surface area (TPSA) is 205 Å². The number of rotatable bonds is 9. The van der Waals surface area contributed by atoms with Crippen LogP contribution in [0.5, 0.6) is 5.75 Å². The van der Waals surface area contributed by atoms with Crippen molar-refractivity contribution in [2.75, 3.05) is 6.61 Å². The molecule has 2 heterocycles. The monoisotopic (exact) mass is 569 g/mol. The van der Waals surface area contributed by atoms with Crippen LogP contribution in [0.25, 0.3) is 0 Å². The van der Waals surface area contributed by atoms with Crippen molar-refractivity contribution in [1.82, 2.24) is 14.8 Å². The first-order chi connectivity index (χ1) is 16.8. The number of aliphatic hydroxyl groups excluding tert-OH is 4. The van der Waals surface area contributed by atoms with Crippen LogP contribution in [-0.2, 0) is 27.8 Å². The van der Waals surface area contributed by atoms with E-state index in [0.717, 1.165) is 11.0 Å². The van der Waals surface area contributed by atoms with E-state index < -0.39 is 69.6 Å². The van der Waals surface area contributed by atoms with Crippen molar-refractivity contribution in [1.29, 1.82) is 0 Å². The molecule has 2 fully saturated rings. The van der Waals surface area contributed by atoms with Gasteiger partial charge in [-0.25, -0.2) is 9.67 Å². The first kappa shape index (κ1) is 27.4. The first-order valence-electron chi connectivity index (χ1n) is 10.8. The van der Waals surface area contributed by atoms with Gasteiger partial charge in [0.2, 0.25) is 6.29 Å². The standard InChI is InChI=1S/C20H25Cl2N3O10S/c21-12-2-1-11(34-17-16(29)15(28)14(27)13(7-26)35-17)5-10(12)6-20(30,19(22)3-4-19)8-25-18(23-9-24-25)36(31,32)33/h1-2,5,9,13-17,26-30H,3-4,6-8H2,(H,31,32,33)/t13-,14-,15+,16-,17-,20?/m1/s1. The Labute approximate surface area is 215 Å². The highest BCUT2D eigenvalue weighted by Gasteiger charge is 2.58. The van der Waals surface area contributed by atoms with E-state index in [1.54, 1.807) is 0 Å². The van der Waals surface area contributed by atoms with Crippen molar-refractivity contribution in [3.8, 4) is 5.75 Å². The maximum absolute atomic E-state index is 11.6. The van der Waals surface area contributed by atoms with Crippen LogP contribution in [0.2, 0.25) is 5.02 Å². The Balaban J connectivity index is 1.59. The van der Waals surface area contributed by atoms with Crippen molar-refractivity contribution in [3.05, 3.63) is 35.1 Å². The number of aliphatic hydroxyl groups is 5. The van der Waals surface area contributed by atoms with Gasteiger partial charge in [0.1, 0.15) is 42.1 Å². The van der Waals surface area contributed by atoms with Crippen LogP contribution in [0.1, 0.15) is 18.4 Å². The number of benzene rings is 1. The second kappa shape index (κ2) is 9.94. The molecule has 200 valence electrons. The van der Waals surface area contributed by atoms with Gasteiger partial charge in [-0.05, 0) is 36.6 Å². The smallest absolute Gasteiger partial charge is 0.330 e. The Hall–Kier alpha value is -1.59. The van der Waals surface area contributed by atoms with Crippen LogP contribution >= 0.6 is 23.2 Å². The molecule has 2 aromatic rings. The molecule has 2 aliphatic rings. The molecule has 1 saturated heterocycles. The summed E-state index contributed by atoms with van der Waals surface area (Å²) < 4.78 is 44.5. The van der Waals surface area contributed by atoms with Crippen LogP contribution < -0.4 is 4.74 Å². The zero-order chi connectivity index (χ0) is 26.5. The van der Waals surface area contributed by atoms with Gasteiger partial charge in [0, 0.05) is 11.4 Å². The predicted octanol–water partition coefficient (Wildman–Crippen LogP) is -0.898. The zero-order valence-corrected chi connectivity index (χ0v) is 20.9. The van der Waals surface area contributed by atoms with E-state index in [2.05, 4.69) is 10.1 Å². The molecule has 36 heavy (non-hydrogen) atoms. The van der Waals surface area contributed by atoms with Crippen LogP contribution in [0.15, 0.2) is 29.7 Å². The van der Waals surface area contributed by atoms with Gasteiger partial charge < -0.3 is 35.0 Å². The summed E-state index contributed by atoms with van der Waals surface area (Å²) in [6.45, 7) is -1.06. The summed E-state index contributed by atoms with van der Waals surface area (Å²) in [6.07, 6.45) is -5.88. The minimum atomic E-state index is -4.72. The fourth-order valence-corrected chi connectivity index (χ4v) is 5.08. The summed E-state index contributed by atoms with van der Waals surface area (Å²) in [5, 5.41) is 54.3. The molecule has 4 rings (SSSR count). The maximum Gasteiger partial charge on any atom is 0.330 e. The van der Waals surface area contributed by atoms with Gasteiger partial charge in [-0.3, -0.25) is 4.55 Å². The molecule has 16 heteroatoms. The highest BCUT2D eigenvalue weighted by Crippen LogP contribution is 2.53. The number of halogens is 2. The minimum absolute atomic E-state index is 0.111. The second-order valence-electron chi connectivity index (χ2n) is 8.92. The fourth-order valence-electron chi connectivity index (χ4n) is 4.11. The molecular formula is C20H25Cl2N3O10S. The van der Waals surface area contributed by atoms with E-state index >= 15 is 0 Å². The number of alkyl halides is 1. The van der Waals surface area contributed by atoms with Crippen molar-refractivity contribution in [2.45, 2.75) is 72.1 Å². The van der Waals surface area contributed by atoms with Crippen LogP contribution in [0.4, 0.5) is 0 Å². The Morgan fingerprint density at radius 2 is 1.92 bits per heavy atom. The number of ether oxygens (including phenoxy) is 2. The summed E-state index contributed by atoms with van der Waals surface area (Å²) in [7, 11) is -4.72. The second-order valence-corrected chi connectivity index (χ2v) is 11.4. The summed E-state index contributed by atoms with van der Waals surface area (Å²) in [5.41, 5.74) is -1.45. The van der Waals surface area contributed by atoms with Crippen LogP contribution in [-0.4, -0.2) is 101 Å². The molecular weight excluding hydrogens is 545 g/mol. The summed E-state index contributed by atoms with van der Waals surface area (Å²) >= 11 is 12.9. The average Bonchev–Trinajstić information content (AvgIpc) is 3.40. The van der Waals surface area contributed by atoms with Gasteiger partial charge in [-0.15, -0.1) is 11.6 Å². The van der Waals surface area contributed by atoms with E-state index in [0.29, 0.717) is 18.4 Å². The molecule has 0 amide bonds. The third-order valence-electron chi connectivity index (χ3n) is 6.35. The fraction of sp³-hybridized carbons (Fsp3) is 0.600. The predicted molar refractivity (Wildman–Crippen MR) is 122 cm³/mol. The summed E-state index contributed by atoms with van der Waals surface area (Å²) in [6, 6.07) is 4.32. The molecule has 6 atom stereocenters. The maximum atomic E-state index is 11.6. The SMILES string of the molecule is O=S(=O)(O)c1ncnn1CC(O)(Cc1cc(O[C@@H]2O[C@H](CO)[C@@H](O)[C@H](O)[C@H]2O)ccc1Cl)C1(Cl)CC1. The van der Waals surface area contributed by atoms with E-state index in [1.807, 2.05) is 0 Å². The van der Waals surface area contributed by atoms with E-state index in [9.17, 15) is 38.5 Å². The molecule has 1 aliphatic carbocycles. The van der Waals surface area contributed by atoms with E-state index in [4.69, 9.17) is 32.7 Å². The first-order valence-corrected chi connectivity index (χ1v) is 13.0. The highest BCUT2D eigenvalue weighted by atomic mass is 35.5. The van der Waals surface area contributed by atoms with Crippen molar-refractivity contribution >= 4 is 33.3 Å². The van der Waals surface area contributed by atoms with Gasteiger partial charge in [-0.2, -0.15) is 13.5 Å². The third kappa shape index (κ3) is 5.34. The van der Waals surface area contributed by atoms with E-state index in [1.165, 1.54) is 18.2 Å². The molecule has 13 nitrogen and oxygen atoms in total.